The van der Waals surface area contributed by atoms with Gasteiger partial charge in [0.1, 0.15) is 5.58 Å². The fourth-order valence-electron chi connectivity index (χ4n) is 4.99. The lowest BCUT2D eigenvalue weighted by Gasteiger charge is -2.25. The molecule has 6 rings (SSSR count). The van der Waals surface area contributed by atoms with E-state index in [4.69, 9.17) is 4.42 Å². The smallest absolute Gasteiger partial charge is 0.296 e. The maximum Gasteiger partial charge on any atom is 0.296 e. The van der Waals surface area contributed by atoms with Crippen LogP contribution in [0.15, 0.2) is 88.5 Å². The zero-order valence-corrected chi connectivity index (χ0v) is 21.6. The minimum absolute atomic E-state index is 0.0470. The molecule has 7 nitrogen and oxygen atoms in total. The van der Waals surface area contributed by atoms with Gasteiger partial charge >= 0.3 is 0 Å². The standard InChI is InChI=1S/C31H27N3O4/c1-17-9-14-21-22(15-17)33-30(32-21)34-26(18-10-12-20(13-11-18)31(2,3)4)25(28(36)29(34)37)27(35)24-16-19-7-5-6-8-23(19)38-24/h5-16,26,36H,1-4H3,(H,32,33). The number of fused-ring (bicyclic) bond motifs is 2. The molecule has 1 aliphatic heterocycles. The van der Waals surface area contributed by atoms with Crippen molar-refractivity contribution in [1.82, 2.24) is 9.97 Å². The van der Waals surface area contributed by atoms with Crippen LogP contribution in [-0.4, -0.2) is 26.8 Å². The van der Waals surface area contributed by atoms with Crippen molar-refractivity contribution >= 4 is 39.6 Å². The van der Waals surface area contributed by atoms with Crippen LogP contribution in [0.5, 0.6) is 0 Å². The summed E-state index contributed by atoms with van der Waals surface area (Å²) >= 11 is 0. The number of aryl methyl sites for hydroxylation is 1. The average Bonchev–Trinajstić information content (AvgIpc) is 3.57. The molecule has 7 heteroatoms. The van der Waals surface area contributed by atoms with Crippen molar-refractivity contribution in [3.63, 3.8) is 0 Å². The minimum atomic E-state index is -0.904. The Hall–Kier alpha value is -4.65. The first-order chi connectivity index (χ1) is 18.1. The van der Waals surface area contributed by atoms with Gasteiger partial charge in [-0.25, -0.2) is 4.98 Å². The Bertz CT molecular complexity index is 1730. The van der Waals surface area contributed by atoms with Gasteiger partial charge in [-0.3, -0.25) is 14.5 Å². The lowest BCUT2D eigenvalue weighted by Crippen LogP contribution is -2.32. The second-order valence-corrected chi connectivity index (χ2v) is 10.8. The summed E-state index contributed by atoms with van der Waals surface area (Å²) in [5.74, 6) is -1.56. The molecule has 3 aromatic carbocycles. The summed E-state index contributed by atoms with van der Waals surface area (Å²) in [6.07, 6.45) is 0. The van der Waals surface area contributed by atoms with Crippen LogP contribution in [0.25, 0.3) is 22.0 Å². The number of anilines is 1. The quantitative estimate of drug-likeness (QED) is 0.265. The number of furan rings is 1. The zero-order valence-electron chi connectivity index (χ0n) is 21.6. The van der Waals surface area contributed by atoms with Gasteiger partial charge in [-0.15, -0.1) is 0 Å². The van der Waals surface area contributed by atoms with E-state index >= 15 is 0 Å². The van der Waals surface area contributed by atoms with Crippen LogP contribution in [0.1, 0.15) is 54.1 Å². The molecule has 2 N–H and O–H groups in total. The number of benzene rings is 3. The van der Waals surface area contributed by atoms with Gasteiger partial charge in [-0.05, 0) is 53.3 Å². The van der Waals surface area contributed by atoms with E-state index in [1.807, 2.05) is 67.6 Å². The van der Waals surface area contributed by atoms with Gasteiger partial charge < -0.3 is 14.5 Å². The topological polar surface area (TPSA) is 99.4 Å². The lowest BCUT2D eigenvalue weighted by atomic mass is 9.85. The highest BCUT2D eigenvalue weighted by atomic mass is 16.3. The molecule has 0 fully saturated rings. The predicted octanol–water partition coefficient (Wildman–Crippen LogP) is 6.70. The van der Waals surface area contributed by atoms with Crippen LogP contribution in [0, 0.1) is 6.92 Å². The van der Waals surface area contributed by atoms with Gasteiger partial charge in [0.25, 0.3) is 5.91 Å². The van der Waals surface area contributed by atoms with E-state index in [9.17, 15) is 14.7 Å². The van der Waals surface area contributed by atoms with Crippen molar-refractivity contribution in [3.05, 3.63) is 107 Å². The van der Waals surface area contributed by atoms with Crippen molar-refractivity contribution in [2.45, 2.75) is 39.2 Å². The molecule has 2 aromatic heterocycles. The van der Waals surface area contributed by atoms with E-state index in [0.29, 0.717) is 16.7 Å². The van der Waals surface area contributed by atoms with E-state index in [1.54, 1.807) is 12.1 Å². The number of aliphatic hydroxyl groups is 1. The average molecular weight is 506 g/mol. The Morgan fingerprint density at radius 1 is 1.03 bits per heavy atom. The number of H-pyrrole nitrogens is 1. The van der Waals surface area contributed by atoms with Crippen LogP contribution < -0.4 is 4.90 Å². The van der Waals surface area contributed by atoms with Crippen molar-refractivity contribution in [1.29, 1.82) is 0 Å². The Morgan fingerprint density at radius 2 is 1.76 bits per heavy atom. The molecule has 1 amide bonds. The highest BCUT2D eigenvalue weighted by molar-refractivity contribution is 6.20. The van der Waals surface area contributed by atoms with Crippen molar-refractivity contribution in [2.75, 3.05) is 4.90 Å². The minimum Gasteiger partial charge on any atom is -0.503 e. The third kappa shape index (κ3) is 3.78. The highest BCUT2D eigenvalue weighted by Crippen LogP contribution is 2.42. The summed E-state index contributed by atoms with van der Waals surface area (Å²) in [6, 6.07) is 21.5. The number of aromatic nitrogens is 2. The van der Waals surface area contributed by atoms with Crippen LogP contribution in [0.2, 0.25) is 0 Å². The van der Waals surface area contributed by atoms with Gasteiger partial charge in [0.15, 0.2) is 11.5 Å². The van der Waals surface area contributed by atoms with Gasteiger partial charge in [-0.2, -0.15) is 0 Å². The fraction of sp³-hybridized carbons (Fsp3) is 0.194. The molecule has 5 aromatic rings. The van der Waals surface area contributed by atoms with E-state index < -0.39 is 23.5 Å². The van der Waals surface area contributed by atoms with Gasteiger partial charge in [-0.1, -0.05) is 69.3 Å². The number of imidazole rings is 1. The summed E-state index contributed by atoms with van der Waals surface area (Å²) in [7, 11) is 0. The Morgan fingerprint density at radius 3 is 2.47 bits per heavy atom. The molecule has 1 aliphatic rings. The first-order valence-electron chi connectivity index (χ1n) is 12.5. The zero-order chi connectivity index (χ0) is 26.8. The van der Waals surface area contributed by atoms with E-state index in [0.717, 1.165) is 22.0 Å². The number of Topliss-reactive ketones (excluding diaryl/α,β-unsaturated/α-hetero) is 1. The lowest BCUT2D eigenvalue weighted by molar-refractivity contribution is -0.117. The van der Waals surface area contributed by atoms with Gasteiger partial charge in [0.05, 0.1) is 22.6 Å². The predicted molar refractivity (Wildman–Crippen MR) is 146 cm³/mol. The molecule has 0 saturated heterocycles. The number of para-hydroxylation sites is 1. The number of ketones is 1. The van der Waals surface area contributed by atoms with Crippen molar-refractivity contribution in [3.8, 4) is 0 Å². The van der Waals surface area contributed by atoms with Gasteiger partial charge in [0, 0.05) is 5.39 Å². The number of hydrogen-bond donors (Lipinski definition) is 2. The van der Waals surface area contributed by atoms with E-state index in [1.165, 1.54) is 4.90 Å². The third-order valence-corrected chi connectivity index (χ3v) is 7.05. The normalized spacial score (nSPS) is 16.3. The molecule has 3 heterocycles. The number of carbonyl (C=O) groups excluding carboxylic acids is 2. The number of rotatable bonds is 4. The van der Waals surface area contributed by atoms with Crippen LogP contribution in [-0.2, 0) is 10.2 Å². The molecule has 38 heavy (non-hydrogen) atoms. The molecule has 1 atom stereocenters. The Labute approximate surface area is 219 Å². The van der Waals surface area contributed by atoms with Crippen LogP contribution in [0.3, 0.4) is 0 Å². The summed E-state index contributed by atoms with van der Waals surface area (Å²) in [5, 5.41) is 11.9. The first-order valence-corrected chi connectivity index (χ1v) is 12.5. The SMILES string of the molecule is Cc1ccc2nc(N3C(=O)C(O)=C(C(=O)c4cc5ccccc5o4)C3c3ccc(C(C)(C)C)cc3)[nH]c2c1. The number of aromatic amines is 1. The van der Waals surface area contributed by atoms with Crippen LogP contribution in [0.4, 0.5) is 5.95 Å². The number of amides is 1. The van der Waals surface area contributed by atoms with Crippen molar-refractivity contribution < 1.29 is 19.1 Å². The second-order valence-electron chi connectivity index (χ2n) is 10.8. The van der Waals surface area contributed by atoms with E-state index in [2.05, 4.69) is 30.7 Å². The summed E-state index contributed by atoms with van der Waals surface area (Å²) < 4.78 is 5.83. The number of carbonyl (C=O) groups is 2. The van der Waals surface area contributed by atoms with E-state index in [-0.39, 0.29) is 22.7 Å². The molecule has 0 radical (unpaired) electrons. The summed E-state index contributed by atoms with van der Waals surface area (Å²) in [6.45, 7) is 8.32. The monoisotopic (exact) mass is 505 g/mol. The van der Waals surface area contributed by atoms with Crippen molar-refractivity contribution in [2.24, 2.45) is 0 Å². The Balaban J connectivity index is 1.51. The maximum absolute atomic E-state index is 13.9. The first kappa shape index (κ1) is 23.7. The summed E-state index contributed by atoms with van der Waals surface area (Å²) in [4.78, 5) is 36.6. The number of nitrogens with one attached hydrogen (secondary N) is 1. The fourth-order valence-corrected chi connectivity index (χ4v) is 4.99. The number of aliphatic hydroxyl groups excluding tert-OH is 1. The third-order valence-electron chi connectivity index (χ3n) is 7.05. The molecular formula is C31H27N3O4. The maximum atomic E-state index is 13.9. The molecule has 0 saturated carbocycles. The molecule has 0 spiro atoms. The molecule has 0 bridgehead atoms. The largest absolute Gasteiger partial charge is 0.503 e. The highest BCUT2D eigenvalue weighted by Gasteiger charge is 2.46. The molecule has 190 valence electrons. The van der Waals surface area contributed by atoms with Gasteiger partial charge in [0.2, 0.25) is 11.7 Å². The second kappa shape index (κ2) is 8.45. The Kier molecular flexibility index (Phi) is 5.28. The van der Waals surface area contributed by atoms with Crippen LogP contribution >= 0.6 is 0 Å². The molecular weight excluding hydrogens is 478 g/mol. The summed E-state index contributed by atoms with van der Waals surface area (Å²) in [5.41, 5.74) is 4.68. The molecule has 1 unspecified atom stereocenters. The number of nitrogens with zero attached hydrogens (tertiary/aromatic N) is 2. The molecule has 0 aliphatic carbocycles. The number of hydrogen-bond acceptors (Lipinski definition) is 5.